The zero-order chi connectivity index (χ0) is 18.3. The van der Waals surface area contributed by atoms with Crippen LogP contribution >= 0.6 is 23.4 Å². The summed E-state index contributed by atoms with van der Waals surface area (Å²) in [7, 11) is 0. The van der Waals surface area contributed by atoms with Crippen LogP contribution in [0.15, 0.2) is 70.1 Å². The second-order valence-corrected chi connectivity index (χ2v) is 7.35. The number of benzene rings is 2. The van der Waals surface area contributed by atoms with E-state index in [0.717, 1.165) is 16.8 Å². The Morgan fingerprint density at radius 1 is 1.15 bits per heavy atom. The Kier molecular flexibility index (Phi) is 4.30. The highest BCUT2D eigenvalue weighted by Crippen LogP contribution is 2.25. The Bertz CT molecular complexity index is 1210. The first-order chi connectivity index (χ1) is 12.6. The largest absolute Gasteiger partial charge is 0.268 e. The lowest BCUT2D eigenvalue weighted by Gasteiger charge is -2.13. The van der Waals surface area contributed by atoms with Gasteiger partial charge < -0.3 is 0 Å². The summed E-state index contributed by atoms with van der Waals surface area (Å²) in [5, 5.41) is 10.4. The van der Waals surface area contributed by atoms with Crippen LogP contribution in [0, 0.1) is 6.92 Å². The van der Waals surface area contributed by atoms with Gasteiger partial charge in [-0.05, 0) is 30.7 Å². The molecule has 0 radical (unpaired) electrons. The van der Waals surface area contributed by atoms with E-state index in [-0.39, 0.29) is 5.56 Å². The summed E-state index contributed by atoms with van der Waals surface area (Å²) < 4.78 is 3.51. The highest BCUT2D eigenvalue weighted by molar-refractivity contribution is 7.99. The maximum atomic E-state index is 13.2. The van der Waals surface area contributed by atoms with E-state index in [9.17, 15) is 4.79 Å². The van der Waals surface area contributed by atoms with E-state index >= 15 is 0 Å². The summed E-state index contributed by atoms with van der Waals surface area (Å²) in [5.74, 6) is 0.992. The van der Waals surface area contributed by atoms with Crippen LogP contribution in [0.3, 0.4) is 0 Å². The van der Waals surface area contributed by atoms with Gasteiger partial charge in [0.05, 0.1) is 16.6 Å². The number of halogens is 1. The Labute approximate surface area is 158 Å². The summed E-state index contributed by atoms with van der Waals surface area (Å²) in [4.78, 5) is 13.2. The molecule has 7 heteroatoms. The van der Waals surface area contributed by atoms with Gasteiger partial charge in [-0.3, -0.25) is 9.20 Å². The van der Waals surface area contributed by atoms with Crippen molar-refractivity contribution >= 4 is 40.0 Å². The molecule has 0 fully saturated rings. The molecule has 0 aliphatic carbocycles. The van der Waals surface area contributed by atoms with Crippen LogP contribution in [0.4, 0.5) is 0 Å². The first-order valence-electron chi connectivity index (χ1n) is 7.99. The Morgan fingerprint density at radius 2 is 1.88 bits per heavy atom. The smallest absolute Gasteiger partial charge is 0.267 e. The fraction of sp³-hybridized carbons (Fsp3) is 0.105. The number of thioether (sulfide) groups is 1. The van der Waals surface area contributed by atoms with E-state index in [1.165, 1.54) is 11.8 Å². The standard InChI is InChI=1S/C19H15ClN4OS/c1-12-7-3-5-9-15(12)23-17(25)14-8-4-6-10-16(14)24-18(23)21-22-19(24)26-11-13(2)20/h3-10H,2,11H2,1H3. The Balaban J connectivity index is 2.12. The summed E-state index contributed by atoms with van der Waals surface area (Å²) in [6.07, 6.45) is 0. The second-order valence-electron chi connectivity index (χ2n) is 5.87. The number of hydrogen-bond acceptors (Lipinski definition) is 4. The monoisotopic (exact) mass is 382 g/mol. The molecule has 0 amide bonds. The molecule has 2 heterocycles. The lowest BCUT2D eigenvalue weighted by molar-refractivity contribution is 0.930. The fourth-order valence-corrected chi connectivity index (χ4v) is 3.80. The number of fused-ring (bicyclic) bond motifs is 3. The predicted octanol–water partition coefficient (Wildman–Crippen LogP) is 4.19. The normalized spacial score (nSPS) is 11.3. The van der Waals surface area contributed by atoms with Gasteiger partial charge in [0.25, 0.3) is 5.56 Å². The number of hydrogen-bond donors (Lipinski definition) is 0. The van der Waals surface area contributed by atoms with Gasteiger partial charge in [0, 0.05) is 10.8 Å². The number of rotatable bonds is 4. The summed E-state index contributed by atoms with van der Waals surface area (Å²) >= 11 is 7.35. The van der Waals surface area contributed by atoms with Gasteiger partial charge in [0.2, 0.25) is 5.78 Å². The van der Waals surface area contributed by atoms with Crippen molar-refractivity contribution in [3.63, 3.8) is 0 Å². The third-order valence-electron chi connectivity index (χ3n) is 4.11. The maximum Gasteiger partial charge on any atom is 0.267 e. The third-order valence-corrected chi connectivity index (χ3v) is 5.42. The molecule has 2 aromatic carbocycles. The Hall–Kier alpha value is -2.57. The molecule has 0 aliphatic heterocycles. The lowest BCUT2D eigenvalue weighted by Crippen LogP contribution is -2.22. The van der Waals surface area contributed by atoms with Crippen LogP contribution in [0.2, 0.25) is 0 Å². The van der Waals surface area contributed by atoms with Crippen LogP contribution in [0.1, 0.15) is 5.56 Å². The second kappa shape index (κ2) is 6.63. The number of aromatic nitrogens is 4. The molecule has 0 saturated carbocycles. The Morgan fingerprint density at radius 3 is 2.65 bits per heavy atom. The van der Waals surface area contributed by atoms with E-state index in [0.29, 0.717) is 27.1 Å². The van der Waals surface area contributed by atoms with Crippen molar-refractivity contribution in [2.75, 3.05) is 5.75 Å². The van der Waals surface area contributed by atoms with Gasteiger partial charge in [-0.1, -0.05) is 60.3 Å². The molecule has 130 valence electrons. The van der Waals surface area contributed by atoms with Gasteiger partial charge >= 0.3 is 0 Å². The van der Waals surface area contributed by atoms with Gasteiger partial charge in [0.1, 0.15) is 0 Å². The zero-order valence-electron chi connectivity index (χ0n) is 14.0. The van der Waals surface area contributed by atoms with Crippen molar-refractivity contribution in [3.8, 4) is 5.69 Å². The third kappa shape index (κ3) is 2.71. The molecule has 0 aliphatic rings. The van der Waals surface area contributed by atoms with E-state index in [4.69, 9.17) is 11.6 Å². The first kappa shape index (κ1) is 16.9. The van der Waals surface area contributed by atoms with Gasteiger partial charge in [-0.15, -0.1) is 10.2 Å². The van der Waals surface area contributed by atoms with Crippen molar-refractivity contribution < 1.29 is 0 Å². The quantitative estimate of drug-likeness (QED) is 0.497. The van der Waals surface area contributed by atoms with Crippen LogP contribution in [-0.2, 0) is 0 Å². The SMILES string of the molecule is C=C(Cl)CSc1nnc2n(-c3ccccc3C)c(=O)c3ccccc3n12. The molecule has 0 spiro atoms. The molecule has 5 nitrogen and oxygen atoms in total. The molecule has 0 bridgehead atoms. The van der Waals surface area contributed by atoms with Gasteiger partial charge in [0.15, 0.2) is 5.16 Å². The van der Waals surface area contributed by atoms with E-state index in [2.05, 4.69) is 16.8 Å². The summed E-state index contributed by atoms with van der Waals surface area (Å²) in [6, 6.07) is 15.2. The molecule has 4 rings (SSSR count). The average molecular weight is 383 g/mol. The fourth-order valence-electron chi connectivity index (χ4n) is 2.95. The molecule has 2 aromatic heterocycles. The van der Waals surface area contributed by atoms with Crippen LogP contribution < -0.4 is 5.56 Å². The minimum absolute atomic E-state index is 0.117. The van der Waals surface area contributed by atoms with E-state index < -0.39 is 0 Å². The summed E-state index contributed by atoms with van der Waals surface area (Å²) in [5.41, 5.74) is 2.43. The van der Waals surface area contributed by atoms with E-state index in [1.54, 1.807) is 4.57 Å². The highest BCUT2D eigenvalue weighted by atomic mass is 35.5. The minimum atomic E-state index is -0.117. The molecule has 0 saturated heterocycles. The molecule has 26 heavy (non-hydrogen) atoms. The van der Waals surface area contributed by atoms with E-state index in [1.807, 2.05) is 59.9 Å². The van der Waals surface area contributed by atoms with Gasteiger partial charge in [-0.25, -0.2) is 4.57 Å². The molecular weight excluding hydrogens is 368 g/mol. The average Bonchev–Trinajstić information content (AvgIpc) is 3.05. The number of aryl methyl sites for hydroxylation is 1. The number of nitrogens with zero attached hydrogens (tertiary/aromatic N) is 4. The van der Waals surface area contributed by atoms with Crippen molar-refractivity contribution in [1.29, 1.82) is 0 Å². The first-order valence-corrected chi connectivity index (χ1v) is 9.35. The number of para-hydroxylation sites is 2. The maximum absolute atomic E-state index is 13.2. The lowest BCUT2D eigenvalue weighted by atomic mass is 10.2. The summed E-state index contributed by atoms with van der Waals surface area (Å²) in [6.45, 7) is 5.69. The van der Waals surface area contributed by atoms with Crippen molar-refractivity contribution in [1.82, 2.24) is 19.2 Å². The molecule has 0 atom stereocenters. The zero-order valence-corrected chi connectivity index (χ0v) is 15.6. The minimum Gasteiger partial charge on any atom is -0.268 e. The van der Waals surface area contributed by atoms with Crippen LogP contribution in [0.25, 0.3) is 22.4 Å². The van der Waals surface area contributed by atoms with Crippen LogP contribution in [-0.4, -0.2) is 24.9 Å². The molecule has 0 N–H and O–H groups in total. The van der Waals surface area contributed by atoms with Crippen LogP contribution in [0.5, 0.6) is 0 Å². The molecular formula is C19H15ClN4OS. The van der Waals surface area contributed by atoms with Crippen molar-refractivity contribution in [2.45, 2.75) is 12.1 Å². The topological polar surface area (TPSA) is 52.2 Å². The van der Waals surface area contributed by atoms with Gasteiger partial charge in [-0.2, -0.15) is 0 Å². The van der Waals surface area contributed by atoms with Crippen molar-refractivity contribution in [3.05, 3.63) is 76.1 Å². The predicted molar refractivity (Wildman–Crippen MR) is 107 cm³/mol. The van der Waals surface area contributed by atoms with Crippen molar-refractivity contribution in [2.24, 2.45) is 0 Å². The molecule has 4 aromatic rings. The molecule has 0 unspecified atom stereocenters. The highest BCUT2D eigenvalue weighted by Gasteiger charge is 2.18.